The van der Waals surface area contributed by atoms with Gasteiger partial charge in [-0.1, -0.05) is 33.1 Å². The maximum Gasteiger partial charge on any atom is 0.206 e. The molecule has 1 rings (SSSR count). The molecule has 114 valence electrons. The number of hydrogen-bond donors (Lipinski definition) is 1. The van der Waals surface area contributed by atoms with Gasteiger partial charge in [-0.05, 0) is 26.2 Å². The Morgan fingerprint density at radius 3 is 2.32 bits per heavy atom. The normalized spacial score (nSPS) is 35.5. The van der Waals surface area contributed by atoms with Crippen LogP contribution in [0.15, 0.2) is 0 Å². The summed E-state index contributed by atoms with van der Waals surface area (Å²) >= 11 is 0. The van der Waals surface area contributed by atoms with E-state index < -0.39 is 5.79 Å². The van der Waals surface area contributed by atoms with Crippen molar-refractivity contribution in [1.29, 1.82) is 0 Å². The van der Waals surface area contributed by atoms with Crippen molar-refractivity contribution in [3.8, 4) is 0 Å². The van der Waals surface area contributed by atoms with Crippen molar-refractivity contribution in [3.63, 3.8) is 0 Å². The molecule has 4 heteroatoms. The summed E-state index contributed by atoms with van der Waals surface area (Å²) in [6.45, 7) is 6.43. The summed E-state index contributed by atoms with van der Waals surface area (Å²) in [5, 5.41) is 9.70. The minimum absolute atomic E-state index is 0.0281. The fourth-order valence-corrected chi connectivity index (χ4v) is 2.82. The summed E-state index contributed by atoms with van der Waals surface area (Å²) in [5.74, 6) is -0.809. The monoisotopic (exact) mass is 274 g/mol. The predicted octanol–water partition coefficient (Wildman–Crippen LogP) is 3.43. The van der Waals surface area contributed by atoms with Crippen LogP contribution in [0.5, 0.6) is 0 Å². The number of rotatable bonds is 8. The Balaban J connectivity index is 2.72. The van der Waals surface area contributed by atoms with Crippen molar-refractivity contribution in [2.45, 2.75) is 77.1 Å². The van der Waals surface area contributed by atoms with E-state index in [1.165, 1.54) is 0 Å². The molecule has 0 bridgehead atoms. The Bertz CT molecular complexity index is 259. The van der Waals surface area contributed by atoms with Crippen LogP contribution in [-0.4, -0.2) is 30.2 Å². The minimum Gasteiger partial charge on any atom is -0.396 e. The summed E-state index contributed by atoms with van der Waals surface area (Å²) < 4.78 is 5.57. The van der Waals surface area contributed by atoms with Crippen LogP contribution < -0.4 is 0 Å². The minimum atomic E-state index is -0.781. The Kier molecular flexibility index (Phi) is 6.74. The van der Waals surface area contributed by atoms with Gasteiger partial charge in [-0.2, -0.15) is 0 Å². The molecule has 3 atom stereocenters. The van der Waals surface area contributed by atoms with Gasteiger partial charge in [-0.25, -0.2) is 9.78 Å². The molecule has 0 amide bonds. The molecule has 0 spiro atoms. The van der Waals surface area contributed by atoms with E-state index in [1.807, 2.05) is 0 Å². The predicted molar refractivity (Wildman–Crippen MR) is 74.6 cm³/mol. The lowest BCUT2D eigenvalue weighted by molar-refractivity contribution is -0.505. The van der Waals surface area contributed by atoms with Crippen LogP contribution in [0, 0.1) is 5.92 Å². The van der Waals surface area contributed by atoms with Gasteiger partial charge in [0.05, 0.1) is 6.61 Å². The van der Waals surface area contributed by atoms with Crippen LogP contribution in [0.4, 0.5) is 0 Å². The van der Waals surface area contributed by atoms with Crippen LogP contribution in [0.1, 0.15) is 65.7 Å². The summed E-state index contributed by atoms with van der Waals surface area (Å²) in [7, 11) is 1.64. The molecule has 1 saturated heterocycles. The largest absolute Gasteiger partial charge is 0.396 e. The Labute approximate surface area is 117 Å². The average molecular weight is 274 g/mol. The van der Waals surface area contributed by atoms with Gasteiger partial charge in [0.25, 0.3) is 0 Å². The fraction of sp³-hybridized carbons (Fsp3) is 1.00. The van der Waals surface area contributed by atoms with Gasteiger partial charge in [0.15, 0.2) is 0 Å². The van der Waals surface area contributed by atoms with Crippen LogP contribution in [0.3, 0.4) is 0 Å². The van der Waals surface area contributed by atoms with E-state index in [4.69, 9.17) is 14.5 Å². The van der Waals surface area contributed by atoms with Crippen molar-refractivity contribution in [2.75, 3.05) is 13.7 Å². The SMILES string of the molecule is CCCC[C@]1(C)C[C@H](CO)[C@](CCCC)(OC)OO1. The maximum atomic E-state index is 9.70. The molecule has 1 N–H and O–H groups in total. The van der Waals surface area contributed by atoms with E-state index in [9.17, 15) is 5.11 Å². The molecule has 0 aliphatic carbocycles. The van der Waals surface area contributed by atoms with E-state index in [-0.39, 0.29) is 18.1 Å². The Hall–Kier alpha value is -0.160. The molecule has 0 radical (unpaired) electrons. The van der Waals surface area contributed by atoms with Crippen molar-refractivity contribution in [1.82, 2.24) is 0 Å². The van der Waals surface area contributed by atoms with Gasteiger partial charge in [-0.3, -0.25) is 0 Å². The molecule has 1 aliphatic rings. The Morgan fingerprint density at radius 2 is 1.79 bits per heavy atom. The third kappa shape index (κ3) is 4.15. The van der Waals surface area contributed by atoms with E-state index in [2.05, 4.69) is 20.8 Å². The molecule has 1 heterocycles. The van der Waals surface area contributed by atoms with Gasteiger partial charge < -0.3 is 9.84 Å². The zero-order valence-electron chi connectivity index (χ0n) is 12.9. The number of ether oxygens (including phenoxy) is 1. The fourth-order valence-electron chi connectivity index (χ4n) is 2.82. The van der Waals surface area contributed by atoms with Crippen LogP contribution in [0.25, 0.3) is 0 Å². The van der Waals surface area contributed by atoms with Gasteiger partial charge in [0, 0.05) is 19.4 Å². The maximum absolute atomic E-state index is 9.70. The van der Waals surface area contributed by atoms with Gasteiger partial charge >= 0.3 is 0 Å². The highest BCUT2D eigenvalue weighted by molar-refractivity contribution is 4.89. The van der Waals surface area contributed by atoms with Crippen LogP contribution >= 0.6 is 0 Å². The van der Waals surface area contributed by atoms with E-state index in [1.54, 1.807) is 7.11 Å². The number of aliphatic hydroxyl groups is 1. The summed E-state index contributed by atoms with van der Waals surface area (Å²) in [6.07, 6.45) is 6.80. The molecule has 0 aromatic heterocycles. The molecular formula is C15H30O4. The molecule has 0 unspecified atom stereocenters. The van der Waals surface area contributed by atoms with Gasteiger partial charge in [0.1, 0.15) is 5.60 Å². The van der Waals surface area contributed by atoms with Crippen LogP contribution in [-0.2, 0) is 14.5 Å². The van der Waals surface area contributed by atoms with Gasteiger partial charge in [0.2, 0.25) is 5.79 Å². The second-order valence-electron chi connectivity index (χ2n) is 5.92. The van der Waals surface area contributed by atoms with E-state index >= 15 is 0 Å². The lowest BCUT2D eigenvalue weighted by atomic mass is 9.81. The second-order valence-corrected chi connectivity index (χ2v) is 5.92. The first-order chi connectivity index (χ1) is 9.05. The van der Waals surface area contributed by atoms with Crippen molar-refractivity contribution in [2.24, 2.45) is 5.92 Å². The highest BCUT2D eigenvalue weighted by Crippen LogP contribution is 2.43. The summed E-state index contributed by atoms with van der Waals surface area (Å²) in [6, 6.07) is 0. The van der Waals surface area contributed by atoms with Crippen LogP contribution in [0.2, 0.25) is 0 Å². The lowest BCUT2D eigenvalue weighted by Gasteiger charge is -2.47. The zero-order chi connectivity index (χ0) is 14.4. The molecule has 4 nitrogen and oxygen atoms in total. The number of methoxy groups -OCH3 is 1. The molecule has 0 aromatic carbocycles. The molecule has 19 heavy (non-hydrogen) atoms. The average Bonchev–Trinajstić information content (AvgIpc) is 2.44. The smallest absolute Gasteiger partial charge is 0.206 e. The van der Waals surface area contributed by atoms with E-state index in [0.29, 0.717) is 0 Å². The lowest BCUT2D eigenvalue weighted by Crippen LogP contribution is -2.54. The zero-order valence-corrected chi connectivity index (χ0v) is 12.9. The van der Waals surface area contributed by atoms with Gasteiger partial charge in [-0.15, -0.1) is 0 Å². The topological polar surface area (TPSA) is 47.9 Å². The number of aliphatic hydroxyl groups excluding tert-OH is 1. The van der Waals surface area contributed by atoms with E-state index in [0.717, 1.165) is 44.9 Å². The highest BCUT2D eigenvalue weighted by Gasteiger charge is 2.50. The highest BCUT2D eigenvalue weighted by atomic mass is 17.2. The standard InChI is InChI=1S/C15H30O4/c1-5-7-9-14(3)11-13(12-16)15(17-4,19-18-14)10-8-6-2/h13,16H,5-12H2,1-4H3/t13-,14-,15-/m1/s1. The summed E-state index contributed by atoms with van der Waals surface area (Å²) in [4.78, 5) is 11.3. The van der Waals surface area contributed by atoms with Crippen molar-refractivity contribution in [3.05, 3.63) is 0 Å². The third-order valence-electron chi connectivity index (χ3n) is 4.19. The number of hydrogen-bond acceptors (Lipinski definition) is 4. The first-order valence-corrected chi connectivity index (χ1v) is 7.58. The molecule has 0 saturated carbocycles. The Morgan fingerprint density at radius 1 is 1.16 bits per heavy atom. The first-order valence-electron chi connectivity index (χ1n) is 7.58. The molecule has 1 fully saturated rings. The molecule has 1 aliphatic heterocycles. The van der Waals surface area contributed by atoms with Crippen molar-refractivity contribution < 1.29 is 19.6 Å². The number of unbranched alkanes of at least 4 members (excludes halogenated alkanes) is 2. The summed E-state index contributed by atoms with van der Waals surface area (Å²) in [5.41, 5.74) is -0.308. The molecular weight excluding hydrogens is 244 g/mol. The first kappa shape index (κ1) is 16.9. The third-order valence-corrected chi connectivity index (χ3v) is 4.19. The second kappa shape index (κ2) is 7.58. The quantitative estimate of drug-likeness (QED) is 0.689. The van der Waals surface area contributed by atoms with Crippen molar-refractivity contribution >= 4 is 0 Å². The molecule has 0 aromatic rings.